The molecule has 2 rings (SSSR count). The fourth-order valence-electron chi connectivity index (χ4n) is 2.82. The van der Waals surface area contributed by atoms with Crippen LogP contribution in [-0.2, 0) is 14.4 Å². The van der Waals surface area contributed by atoms with Gasteiger partial charge in [-0.05, 0) is 12.8 Å². The van der Waals surface area contributed by atoms with Gasteiger partial charge in [0.2, 0.25) is 17.7 Å². The van der Waals surface area contributed by atoms with Crippen molar-refractivity contribution in [2.45, 2.75) is 31.7 Å². The van der Waals surface area contributed by atoms with Crippen molar-refractivity contribution in [3.05, 3.63) is 0 Å². The van der Waals surface area contributed by atoms with Crippen molar-refractivity contribution >= 4 is 17.7 Å². The second-order valence-electron chi connectivity index (χ2n) is 5.48. The number of piperazine rings is 1. The average molecular weight is 292 g/mol. The Labute approximate surface area is 124 Å². The summed E-state index contributed by atoms with van der Waals surface area (Å²) in [6.45, 7) is 1.40. The zero-order valence-corrected chi connectivity index (χ0v) is 12.2. The Morgan fingerprint density at radius 3 is 2.95 bits per heavy atom. The Balaban J connectivity index is 1.85. The van der Waals surface area contributed by atoms with Gasteiger partial charge in [-0.1, -0.05) is 0 Å². The van der Waals surface area contributed by atoms with Crippen molar-refractivity contribution in [3.63, 3.8) is 0 Å². The van der Waals surface area contributed by atoms with E-state index >= 15 is 0 Å². The maximum atomic E-state index is 12.3. The molecule has 3 amide bonds. The van der Waals surface area contributed by atoms with Crippen LogP contribution in [0.15, 0.2) is 0 Å². The Morgan fingerprint density at radius 1 is 1.48 bits per heavy atom. The highest BCUT2D eigenvalue weighted by Gasteiger charge is 2.41. The summed E-state index contributed by atoms with van der Waals surface area (Å²) >= 11 is 0. The van der Waals surface area contributed by atoms with E-state index in [2.05, 4.69) is 0 Å². The molecule has 7 nitrogen and oxygen atoms in total. The lowest BCUT2D eigenvalue weighted by atomic mass is 10.1. The van der Waals surface area contributed by atoms with Gasteiger partial charge in [0.05, 0.1) is 19.0 Å². The van der Waals surface area contributed by atoms with Crippen molar-refractivity contribution in [1.82, 2.24) is 14.7 Å². The number of carbonyl (C=O) groups excluding carboxylic acids is 3. The van der Waals surface area contributed by atoms with Crippen LogP contribution >= 0.6 is 0 Å². The van der Waals surface area contributed by atoms with Crippen LogP contribution in [0, 0.1) is 11.3 Å². The summed E-state index contributed by atoms with van der Waals surface area (Å²) in [5.41, 5.74) is 0. The van der Waals surface area contributed by atoms with E-state index in [0.29, 0.717) is 19.5 Å². The second kappa shape index (κ2) is 6.57. The lowest BCUT2D eigenvalue weighted by molar-refractivity contribution is -0.154. The van der Waals surface area contributed by atoms with Gasteiger partial charge in [-0.2, -0.15) is 5.26 Å². The molecule has 0 radical (unpaired) electrons. The van der Waals surface area contributed by atoms with E-state index in [4.69, 9.17) is 5.26 Å². The van der Waals surface area contributed by atoms with E-state index in [9.17, 15) is 14.4 Å². The molecule has 0 aromatic heterocycles. The molecule has 0 spiro atoms. The van der Waals surface area contributed by atoms with Crippen LogP contribution in [0.5, 0.6) is 0 Å². The largest absolute Gasteiger partial charge is 0.345 e. The SMILES string of the molecule is CN(CCC#N)C(=O)CCN1CC(=O)N2CCCC2C1=O. The van der Waals surface area contributed by atoms with Gasteiger partial charge in [-0.15, -0.1) is 0 Å². The minimum atomic E-state index is -0.322. The summed E-state index contributed by atoms with van der Waals surface area (Å²) in [5.74, 6) is -0.179. The molecular weight excluding hydrogens is 272 g/mol. The Kier molecular flexibility index (Phi) is 4.78. The summed E-state index contributed by atoms with van der Waals surface area (Å²) in [6.07, 6.45) is 2.07. The lowest BCUT2D eigenvalue weighted by Crippen LogP contribution is -2.57. The number of fused-ring (bicyclic) bond motifs is 1. The summed E-state index contributed by atoms with van der Waals surface area (Å²) in [4.78, 5) is 40.7. The third kappa shape index (κ3) is 3.32. The molecule has 2 saturated heterocycles. The van der Waals surface area contributed by atoms with E-state index in [0.717, 1.165) is 12.8 Å². The van der Waals surface area contributed by atoms with Gasteiger partial charge in [-0.25, -0.2) is 0 Å². The first-order valence-corrected chi connectivity index (χ1v) is 7.23. The first-order valence-electron chi connectivity index (χ1n) is 7.23. The molecule has 0 saturated carbocycles. The van der Waals surface area contributed by atoms with E-state index < -0.39 is 0 Å². The molecule has 2 fully saturated rings. The minimum Gasteiger partial charge on any atom is -0.345 e. The van der Waals surface area contributed by atoms with Gasteiger partial charge < -0.3 is 14.7 Å². The number of rotatable bonds is 5. The van der Waals surface area contributed by atoms with Gasteiger partial charge in [0.25, 0.3) is 0 Å². The molecule has 0 aromatic rings. The number of hydrogen-bond donors (Lipinski definition) is 0. The Morgan fingerprint density at radius 2 is 2.24 bits per heavy atom. The van der Waals surface area contributed by atoms with Gasteiger partial charge in [0.1, 0.15) is 6.04 Å². The minimum absolute atomic E-state index is 0.0256. The van der Waals surface area contributed by atoms with Gasteiger partial charge >= 0.3 is 0 Å². The molecule has 7 heteroatoms. The molecule has 0 bridgehead atoms. The van der Waals surface area contributed by atoms with Gasteiger partial charge in [0, 0.05) is 33.1 Å². The van der Waals surface area contributed by atoms with Crippen molar-refractivity contribution in [2.24, 2.45) is 0 Å². The number of carbonyl (C=O) groups is 3. The van der Waals surface area contributed by atoms with E-state index in [1.165, 1.54) is 9.80 Å². The quantitative estimate of drug-likeness (QED) is 0.689. The van der Waals surface area contributed by atoms with Gasteiger partial charge in [0.15, 0.2) is 0 Å². The summed E-state index contributed by atoms with van der Waals surface area (Å²) in [5, 5.41) is 8.50. The third-order valence-electron chi connectivity index (χ3n) is 4.08. The monoisotopic (exact) mass is 292 g/mol. The maximum Gasteiger partial charge on any atom is 0.245 e. The highest BCUT2D eigenvalue weighted by molar-refractivity contribution is 5.95. The van der Waals surface area contributed by atoms with Crippen LogP contribution in [0.2, 0.25) is 0 Å². The Bertz CT molecular complexity index is 485. The average Bonchev–Trinajstić information content (AvgIpc) is 2.96. The molecule has 2 aliphatic heterocycles. The van der Waals surface area contributed by atoms with Crippen LogP contribution < -0.4 is 0 Å². The first-order chi connectivity index (χ1) is 10.0. The predicted molar refractivity (Wildman–Crippen MR) is 73.8 cm³/mol. The Hall–Kier alpha value is -2.10. The fourth-order valence-corrected chi connectivity index (χ4v) is 2.82. The predicted octanol–water partition coefficient (Wildman–Crippen LogP) is -0.418. The number of amides is 3. The molecule has 21 heavy (non-hydrogen) atoms. The molecule has 2 aliphatic rings. The van der Waals surface area contributed by atoms with Crippen LogP contribution in [0.3, 0.4) is 0 Å². The molecule has 0 aromatic carbocycles. The third-order valence-corrected chi connectivity index (χ3v) is 4.08. The summed E-state index contributed by atoms with van der Waals surface area (Å²) in [6, 6.07) is 1.67. The highest BCUT2D eigenvalue weighted by Crippen LogP contribution is 2.23. The second-order valence-corrected chi connectivity index (χ2v) is 5.48. The zero-order valence-electron chi connectivity index (χ0n) is 12.2. The van der Waals surface area contributed by atoms with E-state index in [-0.39, 0.29) is 43.3 Å². The maximum absolute atomic E-state index is 12.3. The van der Waals surface area contributed by atoms with Crippen LogP contribution in [0.1, 0.15) is 25.7 Å². The van der Waals surface area contributed by atoms with Crippen molar-refractivity contribution in [2.75, 3.05) is 33.2 Å². The number of nitrogens with zero attached hydrogens (tertiary/aromatic N) is 4. The molecule has 0 N–H and O–H groups in total. The van der Waals surface area contributed by atoms with Gasteiger partial charge in [-0.3, -0.25) is 14.4 Å². The van der Waals surface area contributed by atoms with Crippen LogP contribution in [0.4, 0.5) is 0 Å². The fraction of sp³-hybridized carbons (Fsp3) is 0.714. The van der Waals surface area contributed by atoms with Crippen LogP contribution in [-0.4, -0.2) is 71.7 Å². The lowest BCUT2D eigenvalue weighted by Gasteiger charge is -2.36. The highest BCUT2D eigenvalue weighted by atomic mass is 16.2. The molecule has 1 atom stereocenters. The summed E-state index contributed by atoms with van der Waals surface area (Å²) in [7, 11) is 1.64. The molecule has 2 heterocycles. The zero-order chi connectivity index (χ0) is 15.4. The molecule has 1 unspecified atom stereocenters. The first kappa shape index (κ1) is 15.3. The van der Waals surface area contributed by atoms with E-state index in [1.807, 2.05) is 6.07 Å². The van der Waals surface area contributed by atoms with Crippen molar-refractivity contribution < 1.29 is 14.4 Å². The standard InChI is InChI=1S/C14H20N4O3/c1-16(7-3-6-15)12(19)5-9-17-10-13(20)18-8-2-4-11(18)14(17)21/h11H,2-5,7-10H2,1H3. The molecule has 0 aliphatic carbocycles. The number of hydrogen-bond acceptors (Lipinski definition) is 4. The van der Waals surface area contributed by atoms with Crippen molar-refractivity contribution in [1.29, 1.82) is 5.26 Å². The molecule has 114 valence electrons. The topological polar surface area (TPSA) is 84.7 Å². The molecular formula is C14H20N4O3. The number of nitriles is 1. The van der Waals surface area contributed by atoms with E-state index in [1.54, 1.807) is 11.9 Å². The summed E-state index contributed by atoms with van der Waals surface area (Å²) < 4.78 is 0. The van der Waals surface area contributed by atoms with Crippen molar-refractivity contribution in [3.8, 4) is 6.07 Å². The smallest absolute Gasteiger partial charge is 0.245 e. The normalized spacial score (nSPS) is 21.2. The van der Waals surface area contributed by atoms with Crippen LogP contribution in [0.25, 0.3) is 0 Å².